The number of imide groups is 1. The first kappa shape index (κ1) is 35.1. The Morgan fingerprint density at radius 1 is 0.906 bits per heavy atom. The van der Waals surface area contributed by atoms with Crippen molar-refractivity contribution in [2.45, 2.75) is 88.4 Å². The molecule has 53 heavy (non-hydrogen) atoms. The zero-order chi connectivity index (χ0) is 36.5. The van der Waals surface area contributed by atoms with Gasteiger partial charge >= 0.3 is 0 Å². The van der Waals surface area contributed by atoms with E-state index in [-0.39, 0.29) is 42.6 Å². The van der Waals surface area contributed by atoms with Crippen LogP contribution in [0, 0.1) is 0 Å². The third kappa shape index (κ3) is 8.01. The van der Waals surface area contributed by atoms with Gasteiger partial charge in [0.1, 0.15) is 11.8 Å². The Balaban J connectivity index is 0.777. The van der Waals surface area contributed by atoms with Gasteiger partial charge in [-0.3, -0.25) is 34.5 Å². The van der Waals surface area contributed by atoms with Crippen molar-refractivity contribution in [1.82, 2.24) is 25.3 Å². The van der Waals surface area contributed by atoms with E-state index in [2.05, 4.69) is 50.0 Å². The molecule has 12 heteroatoms. The summed E-state index contributed by atoms with van der Waals surface area (Å²) in [5, 5.41) is 13.4. The van der Waals surface area contributed by atoms with Crippen molar-refractivity contribution < 1.29 is 23.9 Å². The maximum Gasteiger partial charge on any atom is 0.255 e. The molecule has 0 spiro atoms. The van der Waals surface area contributed by atoms with Crippen molar-refractivity contribution in [3.8, 4) is 5.75 Å². The smallest absolute Gasteiger partial charge is 0.255 e. The Kier molecular flexibility index (Phi) is 10.0. The van der Waals surface area contributed by atoms with Crippen LogP contribution in [0.25, 0.3) is 0 Å². The Bertz CT molecular complexity index is 2020. The Morgan fingerprint density at radius 2 is 1.72 bits per heavy atom. The first-order valence-electron chi connectivity index (χ1n) is 18.6. The van der Waals surface area contributed by atoms with Crippen LogP contribution in [0.3, 0.4) is 0 Å². The molecular weight excluding hydrogens is 692 g/mol. The van der Waals surface area contributed by atoms with Crippen molar-refractivity contribution >= 4 is 41.0 Å². The number of H-pyrrole nitrogens is 1. The maximum absolute atomic E-state index is 13.1. The maximum atomic E-state index is 13.1. The van der Waals surface area contributed by atoms with Crippen molar-refractivity contribution in [2.75, 3.05) is 18.4 Å². The predicted molar refractivity (Wildman–Crippen MR) is 200 cm³/mol. The van der Waals surface area contributed by atoms with E-state index in [4.69, 9.17) is 16.3 Å². The van der Waals surface area contributed by atoms with E-state index in [1.165, 1.54) is 11.1 Å². The van der Waals surface area contributed by atoms with Crippen molar-refractivity contribution in [2.24, 2.45) is 0 Å². The highest BCUT2D eigenvalue weighted by molar-refractivity contribution is 6.30. The second-order valence-electron chi connectivity index (χ2n) is 14.8. The molecule has 3 aliphatic heterocycles. The molecule has 3 N–H and O–H groups in total. The lowest BCUT2D eigenvalue weighted by atomic mass is 9.87. The Morgan fingerprint density at radius 3 is 2.51 bits per heavy atom. The van der Waals surface area contributed by atoms with Crippen molar-refractivity contribution in [3.63, 3.8) is 0 Å². The number of halogens is 1. The second kappa shape index (κ2) is 15.2. The number of anilines is 1. The standard InChI is InChI=1S/C41H43ClN6O5/c42-31-2-1-3-32(21-31)53-33-10-8-29(20-33)35-22-37(46-45-35)43-39(50)18-25-4-6-26(7-5-25)23-47-16-14-27(15-17-47)28-9-11-34-30(19-28)24-48(41(34)52)36-12-13-38(49)44-40(36)51/h1-7,9,11,19,21-22,27,29,33,36H,8,10,12-18,20,23-24H2,(H,44,49,51)(H2,43,45,46,50)/t29-,33+,36?/m0/s1. The fourth-order valence-corrected chi connectivity index (χ4v) is 8.52. The number of rotatable bonds is 10. The van der Waals surface area contributed by atoms with Crippen molar-refractivity contribution in [1.29, 1.82) is 0 Å². The third-order valence-corrected chi connectivity index (χ3v) is 11.4. The molecule has 3 fully saturated rings. The van der Waals surface area contributed by atoms with Gasteiger partial charge in [0.25, 0.3) is 5.91 Å². The number of fused-ring (bicyclic) bond motifs is 1. The van der Waals surface area contributed by atoms with E-state index in [9.17, 15) is 19.2 Å². The van der Waals surface area contributed by atoms with E-state index >= 15 is 0 Å². The average molecular weight is 735 g/mol. The van der Waals surface area contributed by atoms with Gasteiger partial charge in [0, 0.05) is 47.8 Å². The number of aromatic nitrogens is 2. The van der Waals surface area contributed by atoms with Gasteiger partial charge < -0.3 is 15.0 Å². The molecule has 1 unspecified atom stereocenters. The highest BCUT2D eigenvalue weighted by atomic mass is 35.5. The normalized spacial score (nSPS) is 22.2. The molecule has 8 rings (SSSR count). The Labute approximate surface area is 313 Å². The predicted octanol–water partition coefficient (Wildman–Crippen LogP) is 6.10. The molecular formula is C41H43ClN6O5. The lowest BCUT2D eigenvalue weighted by molar-refractivity contribution is -0.137. The first-order valence-corrected chi connectivity index (χ1v) is 19.0. The summed E-state index contributed by atoms with van der Waals surface area (Å²) in [7, 11) is 0. The lowest BCUT2D eigenvalue weighted by Gasteiger charge is -2.32. The summed E-state index contributed by atoms with van der Waals surface area (Å²) >= 11 is 6.10. The largest absolute Gasteiger partial charge is 0.490 e. The monoisotopic (exact) mass is 734 g/mol. The molecule has 0 bridgehead atoms. The highest BCUT2D eigenvalue weighted by Gasteiger charge is 2.39. The summed E-state index contributed by atoms with van der Waals surface area (Å²) in [5.74, 6) is 1.12. The van der Waals surface area contributed by atoms with Crippen LogP contribution in [0.2, 0.25) is 5.02 Å². The first-order chi connectivity index (χ1) is 25.7. The molecule has 1 aliphatic carbocycles. The summed E-state index contributed by atoms with van der Waals surface area (Å²) in [5.41, 5.74) is 6.02. The van der Waals surface area contributed by atoms with Gasteiger partial charge in [0.15, 0.2) is 5.82 Å². The number of benzene rings is 3. The van der Waals surface area contributed by atoms with E-state index in [0.717, 1.165) is 74.3 Å². The van der Waals surface area contributed by atoms with Crippen LogP contribution in [0.4, 0.5) is 5.82 Å². The summed E-state index contributed by atoms with van der Waals surface area (Å²) in [6.45, 7) is 3.18. The number of hydrogen-bond acceptors (Lipinski definition) is 7. The zero-order valence-electron chi connectivity index (χ0n) is 29.5. The SMILES string of the molecule is O=C1CCC(N2Cc3cc(C4CCN(Cc5ccc(CC(=O)Nc6cc([C@H]7CC[C@@H](Oc8cccc(Cl)c8)C7)[nH]n6)cc5)CC4)ccc3C2=O)C(=O)N1. The number of carbonyl (C=O) groups excluding carboxylic acids is 4. The molecule has 1 saturated carbocycles. The van der Waals surface area contributed by atoms with Crippen molar-refractivity contribution in [3.05, 3.63) is 111 Å². The van der Waals surface area contributed by atoms with E-state index < -0.39 is 6.04 Å². The average Bonchev–Trinajstić information content (AvgIpc) is 3.89. The molecule has 2 saturated heterocycles. The number of carbonyl (C=O) groups is 4. The number of nitrogens with zero attached hydrogens (tertiary/aromatic N) is 3. The van der Waals surface area contributed by atoms with Gasteiger partial charge in [0.2, 0.25) is 17.7 Å². The molecule has 1 aromatic heterocycles. The van der Waals surface area contributed by atoms with Gasteiger partial charge in [0.05, 0.1) is 12.5 Å². The fourth-order valence-electron chi connectivity index (χ4n) is 8.34. The number of amides is 4. The van der Waals surface area contributed by atoms with Crippen LogP contribution < -0.4 is 15.4 Å². The minimum Gasteiger partial charge on any atom is -0.490 e. The zero-order valence-corrected chi connectivity index (χ0v) is 30.2. The molecule has 3 aromatic carbocycles. The minimum atomic E-state index is -0.597. The number of likely N-dealkylation sites (tertiary alicyclic amines) is 1. The molecule has 11 nitrogen and oxygen atoms in total. The van der Waals surface area contributed by atoms with Crippen LogP contribution >= 0.6 is 11.6 Å². The van der Waals surface area contributed by atoms with Crippen LogP contribution in [0.1, 0.15) is 95.1 Å². The number of ether oxygens (including phenoxy) is 1. The van der Waals surface area contributed by atoms with Crippen LogP contribution in [-0.4, -0.2) is 68.9 Å². The number of hydrogen-bond donors (Lipinski definition) is 3. The third-order valence-electron chi connectivity index (χ3n) is 11.2. The summed E-state index contributed by atoms with van der Waals surface area (Å²) in [6.07, 6.45) is 5.85. The topological polar surface area (TPSA) is 137 Å². The number of nitrogens with one attached hydrogen (secondary N) is 3. The Hall–Kier alpha value is -5.00. The molecule has 4 heterocycles. The van der Waals surface area contributed by atoms with E-state index in [1.807, 2.05) is 48.5 Å². The number of piperidine rings is 2. The molecule has 274 valence electrons. The van der Waals surface area contributed by atoms with E-state index in [1.54, 1.807) is 4.90 Å². The highest BCUT2D eigenvalue weighted by Crippen LogP contribution is 2.37. The quantitative estimate of drug-likeness (QED) is 0.168. The second-order valence-corrected chi connectivity index (χ2v) is 15.3. The van der Waals surface area contributed by atoms with Gasteiger partial charge in [-0.1, -0.05) is 54.1 Å². The fraction of sp³-hybridized carbons (Fsp3) is 0.390. The summed E-state index contributed by atoms with van der Waals surface area (Å²) in [6, 6.07) is 23.2. The molecule has 4 aliphatic rings. The van der Waals surface area contributed by atoms with Gasteiger partial charge in [-0.05, 0) is 104 Å². The summed E-state index contributed by atoms with van der Waals surface area (Å²) in [4.78, 5) is 54.1. The van der Waals surface area contributed by atoms with Gasteiger partial charge in [-0.15, -0.1) is 0 Å². The van der Waals surface area contributed by atoms with Crippen LogP contribution in [0.5, 0.6) is 5.75 Å². The number of aromatic amines is 1. The van der Waals surface area contributed by atoms with Crippen LogP contribution in [-0.2, 0) is 33.9 Å². The van der Waals surface area contributed by atoms with E-state index in [0.29, 0.717) is 41.2 Å². The van der Waals surface area contributed by atoms with Gasteiger partial charge in [-0.25, -0.2) is 0 Å². The van der Waals surface area contributed by atoms with Crippen LogP contribution in [0.15, 0.2) is 72.8 Å². The van der Waals surface area contributed by atoms with Gasteiger partial charge in [-0.2, -0.15) is 5.10 Å². The minimum absolute atomic E-state index is 0.105. The lowest BCUT2D eigenvalue weighted by Crippen LogP contribution is -2.52. The molecule has 4 aromatic rings. The molecule has 3 atom stereocenters. The molecule has 0 radical (unpaired) electrons. The molecule has 4 amide bonds. The summed E-state index contributed by atoms with van der Waals surface area (Å²) < 4.78 is 6.14.